The van der Waals surface area contributed by atoms with E-state index in [0.29, 0.717) is 18.6 Å². The van der Waals surface area contributed by atoms with Crippen molar-refractivity contribution in [3.63, 3.8) is 0 Å². The van der Waals surface area contributed by atoms with E-state index in [1.54, 1.807) is 0 Å². The van der Waals surface area contributed by atoms with Gasteiger partial charge in [-0.3, -0.25) is 0 Å². The largest absolute Gasteiger partial charge is 0.351 e. The lowest BCUT2D eigenvalue weighted by Gasteiger charge is -2.26. The standard InChI is InChI=1S/C12H27NO2/c1-6-14-11(15-7-2)10(13)8-9-12(3,4)5/h10-11H,6-9,13H2,1-5H3. The average Bonchev–Trinajstić information content (AvgIpc) is 2.13. The summed E-state index contributed by atoms with van der Waals surface area (Å²) in [6, 6.07) is -0.0240. The fourth-order valence-corrected chi connectivity index (χ4v) is 1.36. The van der Waals surface area contributed by atoms with Crippen molar-refractivity contribution in [2.75, 3.05) is 13.2 Å². The fraction of sp³-hybridized carbons (Fsp3) is 1.00. The monoisotopic (exact) mass is 217 g/mol. The highest BCUT2D eigenvalue weighted by atomic mass is 16.7. The fourth-order valence-electron chi connectivity index (χ4n) is 1.36. The Labute approximate surface area is 94.3 Å². The minimum absolute atomic E-state index is 0.0240. The minimum atomic E-state index is -0.248. The zero-order valence-corrected chi connectivity index (χ0v) is 10.9. The Hall–Kier alpha value is -0.120. The Morgan fingerprint density at radius 3 is 1.87 bits per heavy atom. The third-order valence-electron chi connectivity index (χ3n) is 2.24. The SMILES string of the molecule is CCOC(OCC)C(N)CCC(C)(C)C. The number of ether oxygens (including phenoxy) is 2. The van der Waals surface area contributed by atoms with Gasteiger partial charge in [0.25, 0.3) is 0 Å². The number of hydrogen-bond acceptors (Lipinski definition) is 3. The molecule has 0 aliphatic heterocycles. The summed E-state index contributed by atoms with van der Waals surface area (Å²) in [6.45, 7) is 11.9. The van der Waals surface area contributed by atoms with Gasteiger partial charge in [0, 0.05) is 13.2 Å². The molecule has 0 spiro atoms. The first kappa shape index (κ1) is 14.9. The molecular weight excluding hydrogens is 190 g/mol. The van der Waals surface area contributed by atoms with Gasteiger partial charge in [-0.2, -0.15) is 0 Å². The van der Waals surface area contributed by atoms with E-state index in [0.717, 1.165) is 12.8 Å². The van der Waals surface area contributed by atoms with Crippen LogP contribution in [0, 0.1) is 5.41 Å². The predicted octanol–water partition coefficient (Wildman–Crippen LogP) is 2.54. The van der Waals surface area contributed by atoms with Crippen LogP contribution >= 0.6 is 0 Å². The minimum Gasteiger partial charge on any atom is -0.351 e. The van der Waals surface area contributed by atoms with Gasteiger partial charge in [-0.25, -0.2) is 0 Å². The molecule has 0 aliphatic carbocycles. The van der Waals surface area contributed by atoms with Crippen LogP contribution in [0.4, 0.5) is 0 Å². The molecule has 2 N–H and O–H groups in total. The quantitative estimate of drug-likeness (QED) is 0.666. The van der Waals surface area contributed by atoms with Gasteiger partial charge in [-0.05, 0) is 32.1 Å². The van der Waals surface area contributed by atoms with Crippen LogP contribution in [0.5, 0.6) is 0 Å². The molecule has 0 amide bonds. The smallest absolute Gasteiger partial charge is 0.172 e. The topological polar surface area (TPSA) is 44.5 Å². The van der Waals surface area contributed by atoms with Crippen LogP contribution in [0.2, 0.25) is 0 Å². The van der Waals surface area contributed by atoms with Crippen molar-refractivity contribution < 1.29 is 9.47 Å². The van der Waals surface area contributed by atoms with Gasteiger partial charge >= 0.3 is 0 Å². The van der Waals surface area contributed by atoms with Crippen LogP contribution < -0.4 is 5.73 Å². The van der Waals surface area contributed by atoms with E-state index in [1.165, 1.54) is 0 Å². The van der Waals surface area contributed by atoms with Gasteiger partial charge in [-0.1, -0.05) is 20.8 Å². The summed E-state index contributed by atoms with van der Waals surface area (Å²) in [6.07, 6.45) is 1.78. The van der Waals surface area contributed by atoms with E-state index < -0.39 is 0 Å². The molecule has 0 aromatic rings. The van der Waals surface area contributed by atoms with E-state index in [4.69, 9.17) is 15.2 Å². The van der Waals surface area contributed by atoms with Gasteiger partial charge in [0.1, 0.15) is 0 Å². The molecule has 0 saturated carbocycles. The summed E-state index contributed by atoms with van der Waals surface area (Å²) in [5.41, 5.74) is 6.37. The molecule has 0 fully saturated rings. The first-order chi connectivity index (χ1) is 6.90. The van der Waals surface area contributed by atoms with Gasteiger partial charge in [0.05, 0.1) is 6.04 Å². The summed E-state index contributed by atoms with van der Waals surface area (Å²) in [7, 11) is 0. The van der Waals surface area contributed by atoms with Crippen molar-refractivity contribution in [3.05, 3.63) is 0 Å². The summed E-state index contributed by atoms with van der Waals surface area (Å²) in [5.74, 6) is 0. The third kappa shape index (κ3) is 7.77. The van der Waals surface area contributed by atoms with Crippen molar-refractivity contribution in [3.8, 4) is 0 Å². The highest BCUT2D eigenvalue weighted by molar-refractivity contribution is 4.71. The van der Waals surface area contributed by atoms with Crippen molar-refractivity contribution in [2.45, 2.75) is 59.8 Å². The first-order valence-electron chi connectivity index (χ1n) is 5.89. The molecule has 0 aromatic heterocycles. The Kier molecular flexibility index (Phi) is 7.14. The van der Waals surface area contributed by atoms with E-state index in [9.17, 15) is 0 Å². The third-order valence-corrected chi connectivity index (χ3v) is 2.24. The molecule has 0 heterocycles. The average molecular weight is 217 g/mol. The van der Waals surface area contributed by atoms with Gasteiger partial charge in [0.15, 0.2) is 6.29 Å². The Bertz CT molecular complexity index is 148. The van der Waals surface area contributed by atoms with Gasteiger partial charge in [0.2, 0.25) is 0 Å². The van der Waals surface area contributed by atoms with Crippen LogP contribution in [0.15, 0.2) is 0 Å². The van der Waals surface area contributed by atoms with Crippen LogP contribution in [-0.4, -0.2) is 25.5 Å². The Morgan fingerprint density at radius 2 is 1.53 bits per heavy atom. The van der Waals surface area contributed by atoms with Crippen LogP contribution in [0.3, 0.4) is 0 Å². The van der Waals surface area contributed by atoms with E-state index in [-0.39, 0.29) is 12.3 Å². The maximum absolute atomic E-state index is 6.05. The highest BCUT2D eigenvalue weighted by Gasteiger charge is 2.20. The molecule has 0 saturated heterocycles. The van der Waals surface area contributed by atoms with Gasteiger partial charge < -0.3 is 15.2 Å². The molecule has 0 aromatic carbocycles. The van der Waals surface area contributed by atoms with Gasteiger partial charge in [-0.15, -0.1) is 0 Å². The summed E-state index contributed by atoms with van der Waals surface area (Å²) in [4.78, 5) is 0. The molecule has 15 heavy (non-hydrogen) atoms. The van der Waals surface area contributed by atoms with Crippen molar-refractivity contribution in [1.82, 2.24) is 0 Å². The zero-order chi connectivity index (χ0) is 11.9. The van der Waals surface area contributed by atoms with Crippen LogP contribution in [0.1, 0.15) is 47.5 Å². The Morgan fingerprint density at radius 1 is 1.07 bits per heavy atom. The number of hydrogen-bond donors (Lipinski definition) is 1. The second-order valence-corrected chi connectivity index (χ2v) is 5.04. The second kappa shape index (κ2) is 7.20. The second-order valence-electron chi connectivity index (χ2n) is 5.04. The molecule has 0 bridgehead atoms. The van der Waals surface area contributed by atoms with Crippen molar-refractivity contribution in [1.29, 1.82) is 0 Å². The molecule has 92 valence electrons. The molecule has 3 heteroatoms. The Balaban J connectivity index is 3.96. The van der Waals surface area contributed by atoms with E-state index in [1.807, 2.05) is 13.8 Å². The lowest BCUT2D eigenvalue weighted by atomic mass is 9.89. The van der Waals surface area contributed by atoms with Crippen molar-refractivity contribution >= 4 is 0 Å². The summed E-state index contributed by atoms with van der Waals surface area (Å²) >= 11 is 0. The molecule has 0 rings (SSSR count). The lowest BCUT2D eigenvalue weighted by Crippen LogP contribution is -2.39. The maximum atomic E-state index is 6.05. The van der Waals surface area contributed by atoms with E-state index in [2.05, 4.69) is 20.8 Å². The highest BCUT2D eigenvalue weighted by Crippen LogP contribution is 2.22. The number of nitrogens with two attached hydrogens (primary N) is 1. The molecule has 0 aliphatic rings. The molecule has 0 radical (unpaired) electrons. The maximum Gasteiger partial charge on any atom is 0.172 e. The van der Waals surface area contributed by atoms with Crippen LogP contribution in [0.25, 0.3) is 0 Å². The lowest BCUT2D eigenvalue weighted by molar-refractivity contribution is -0.149. The normalized spacial score (nSPS) is 14.6. The molecular formula is C12H27NO2. The summed E-state index contributed by atoms with van der Waals surface area (Å²) in [5, 5.41) is 0. The number of rotatable bonds is 7. The van der Waals surface area contributed by atoms with Crippen molar-refractivity contribution in [2.24, 2.45) is 11.1 Å². The van der Waals surface area contributed by atoms with E-state index >= 15 is 0 Å². The first-order valence-corrected chi connectivity index (χ1v) is 5.89. The molecule has 1 unspecified atom stereocenters. The van der Waals surface area contributed by atoms with Crippen LogP contribution in [-0.2, 0) is 9.47 Å². The molecule has 1 atom stereocenters. The summed E-state index contributed by atoms with van der Waals surface area (Å²) < 4.78 is 10.9. The predicted molar refractivity (Wildman–Crippen MR) is 63.7 cm³/mol. The molecule has 3 nitrogen and oxygen atoms in total. The zero-order valence-electron chi connectivity index (χ0n) is 10.9.